The van der Waals surface area contributed by atoms with Gasteiger partial charge in [-0.3, -0.25) is 19.8 Å². The van der Waals surface area contributed by atoms with Crippen LogP contribution >= 0.6 is 0 Å². The van der Waals surface area contributed by atoms with E-state index in [1.54, 1.807) is 20.8 Å². The first-order chi connectivity index (χ1) is 11.0. The van der Waals surface area contributed by atoms with Gasteiger partial charge in [-0.25, -0.2) is 9.18 Å². The van der Waals surface area contributed by atoms with Crippen LogP contribution in [0.25, 0.3) is 0 Å². The highest BCUT2D eigenvalue weighted by Crippen LogP contribution is 2.11. The normalized spacial score (nSPS) is 12.2. The number of benzene rings is 1. The minimum atomic E-state index is -0.878. The number of rotatable bonds is 4. The minimum Gasteiger partial charge on any atom is -0.444 e. The third-order valence-electron chi connectivity index (χ3n) is 3.18. The van der Waals surface area contributed by atoms with Crippen molar-refractivity contribution >= 4 is 17.9 Å². The van der Waals surface area contributed by atoms with E-state index in [1.165, 1.54) is 38.2 Å². The Morgan fingerprint density at radius 2 is 1.75 bits per heavy atom. The van der Waals surface area contributed by atoms with Crippen molar-refractivity contribution in [2.24, 2.45) is 0 Å². The summed E-state index contributed by atoms with van der Waals surface area (Å²) in [5, 5.41) is 2.22. The Labute approximate surface area is 141 Å². The van der Waals surface area contributed by atoms with Gasteiger partial charge in [-0.2, -0.15) is 0 Å². The van der Waals surface area contributed by atoms with E-state index in [0.717, 1.165) is 4.90 Å². The third kappa shape index (κ3) is 6.36. The molecular formula is C17H23FN2O4. The monoisotopic (exact) mass is 338 g/mol. The van der Waals surface area contributed by atoms with Crippen LogP contribution in [0.3, 0.4) is 0 Å². The second-order valence-electron chi connectivity index (χ2n) is 6.48. The largest absolute Gasteiger partial charge is 0.444 e. The molecule has 1 rings (SSSR count). The molecule has 0 fully saturated rings. The molecule has 0 aliphatic heterocycles. The van der Waals surface area contributed by atoms with Crippen molar-refractivity contribution in [2.75, 3.05) is 7.05 Å². The predicted octanol–water partition coefficient (Wildman–Crippen LogP) is 2.27. The fourth-order valence-corrected chi connectivity index (χ4v) is 1.74. The number of amides is 3. The van der Waals surface area contributed by atoms with Crippen LogP contribution in [0.1, 0.15) is 33.3 Å². The standard InChI is InChI=1S/C17H23FN2O4/c1-11(20(5)16(23)24-17(2,3)4)15(22)19-14(21)10-12-6-8-13(18)9-7-12/h6-9,11H,10H2,1-5H3,(H,19,21,22)/t11-/m1/s1. The summed E-state index contributed by atoms with van der Waals surface area (Å²) >= 11 is 0. The first kappa shape index (κ1) is 19.6. The molecule has 0 heterocycles. The van der Waals surface area contributed by atoms with Gasteiger partial charge in [0.05, 0.1) is 6.42 Å². The predicted molar refractivity (Wildman–Crippen MR) is 86.7 cm³/mol. The quantitative estimate of drug-likeness (QED) is 0.914. The zero-order valence-electron chi connectivity index (χ0n) is 14.6. The van der Waals surface area contributed by atoms with E-state index in [-0.39, 0.29) is 6.42 Å². The molecule has 1 atom stereocenters. The van der Waals surface area contributed by atoms with E-state index in [1.807, 2.05) is 0 Å². The maximum Gasteiger partial charge on any atom is 0.410 e. The zero-order chi connectivity index (χ0) is 18.5. The fraction of sp³-hybridized carbons (Fsp3) is 0.471. The number of ether oxygens (including phenoxy) is 1. The molecule has 0 unspecified atom stereocenters. The van der Waals surface area contributed by atoms with Gasteiger partial charge in [0.15, 0.2) is 0 Å². The molecule has 6 nitrogen and oxygen atoms in total. The molecule has 0 spiro atoms. The summed E-state index contributed by atoms with van der Waals surface area (Å²) in [7, 11) is 1.42. The Hall–Kier alpha value is -2.44. The Balaban J connectivity index is 2.57. The van der Waals surface area contributed by atoms with E-state index in [0.29, 0.717) is 5.56 Å². The average molecular weight is 338 g/mol. The second-order valence-corrected chi connectivity index (χ2v) is 6.48. The second kappa shape index (κ2) is 7.90. The number of hydrogen-bond acceptors (Lipinski definition) is 4. The lowest BCUT2D eigenvalue weighted by atomic mass is 10.1. The molecule has 24 heavy (non-hydrogen) atoms. The van der Waals surface area contributed by atoms with Crippen LogP contribution in [0.15, 0.2) is 24.3 Å². The fourth-order valence-electron chi connectivity index (χ4n) is 1.74. The lowest BCUT2D eigenvalue weighted by molar-refractivity contribution is -0.132. The van der Waals surface area contributed by atoms with Crippen LogP contribution in [0.5, 0.6) is 0 Å². The molecule has 0 bridgehead atoms. The molecule has 132 valence electrons. The van der Waals surface area contributed by atoms with Gasteiger partial charge in [-0.05, 0) is 45.4 Å². The van der Waals surface area contributed by atoms with Crippen LogP contribution in [0.4, 0.5) is 9.18 Å². The maximum atomic E-state index is 12.8. The Kier molecular flexibility index (Phi) is 6.45. The number of nitrogens with zero attached hydrogens (tertiary/aromatic N) is 1. The topological polar surface area (TPSA) is 75.7 Å². The number of hydrogen-bond donors (Lipinski definition) is 1. The van der Waals surface area contributed by atoms with Crippen molar-refractivity contribution in [3.63, 3.8) is 0 Å². The molecule has 0 aromatic heterocycles. The Morgan fingerprint density at radius 1 is 1.21 bits per heavy atom. The molecule has 7 heteroatoms. The van der Waals surface area contributed by atoms with Gasteiger partial charge in [0.2, 0.25) is 11.8 Å². The summed E-state index contributed by atoms with van der Waals surface area (Å²) in [4.78, 5) is 37.0. The van der Waals surface area contributed by atoms with Gasteiger partial charge >= 0.3 is 6.09 Å². The third-order valence-corrected chi connectivity index (χ3v) is 3.18. The summed E-state index contributed by atoms with van der Waals surface area (Å²) in [5.74, 6) is -1.55. The van der Waals surface area contributed by atoms with Crippen molar-refractivity contribution in [3.8, 4) is 0 Å². The molecule has 3 amide bonds. The number of halogens is 1. The number of carbonyl (C=O) groups is 3. The lowest BCUT2D eigenvalue weighted by Crippen LogP contribution is -2.49. The van der Waals surface area contributed by atoms with E-state index in [2.05, 4.69) is 5.32 Å². The highest BCUT2D eigenvalue weighted by Gasteiger charge is 2.27. The van der Waals surface area contributed by atoms with Crippen molar-refractivity contribution in [1.29, 1.82) is 0 Å². The van der Waals surface area contributed by atoms with Gasteiger partial charge in [0.25, 0.3) is 0 Å². The molecule has 1 aromatic rings. The molecule has 1 aromatic carbocycles. The number of carbonyl (C=O) groups excluding carboxylic acids is 3. The van der Waals surface area contributed by atoms with Crippen LogP contribution in [0, 0.1) is 5.82 Å². The van der Waals surface area contributed by atoms with Crippen molar-refractivity contribution in [3.05, 3.63) is 35.6 Å². The van der Waals surface area contributed by atoms with E-state index < -0.39 is 35.4 Å². The molecular weight excluding hydrogens is 315 g/mol. The zero-order valence-corrected chi connectivity index (χ0v) is 14.6. The highest BCUT2D eigenvalue weighted by molar-refractivity contribution is 5.99. The van der Waals surface area contributed by atoms with E-state index in [9.17, 15) is 18.8 Å². The van der Waals surface area contributed by atoms with Crippen LogP contribution in [0.2, 0.25) is 0 Å². The summed E-state index contributed by atoms with van der Waals surface area (Å²) in [5.41, 5.74) is -0.102. The highest BCUT2D eigenvalue weighted by atomic mass is 19.1. The SMILES string of the molecule is C[C@H](C(=O)NC(=O)Cc1ccc(F)cc1)N(C)C(=O)OC(C)(C)C. The number of likely N-dealkylation sites (N-methyl/N-ethyl adjacent to an activating group) is 1. The Bertz CT molecular complexity index is 608. The van der Waals surface area contributed by atoms with Gasteiger partial charge < -0.3 is 4.74 Å². The van der Waals surface area contributed by atoms with E-state index >= 15 is 0 Å². The molecule has 0 aliphatic rings. The molecule has 0 aliphatic carbocycles. The molecule has 0 saturated carbocycles. The average Bonchev–Trinajstić information content (AvgIpc) is 2.46. The van der Waals surface area contributed by atoms with Crippen LogP contribution < -0.4 is 5.32 Å². The minimum absolute atomic E-state index is 0.0606. The van der Waals surface area contributed by atoms with Crippen molar-refractivity contribution in [2.45, 2.75) is 45.8 Å². The first-order valence-corrected chi connectivity index (χ1v) is 7.53. The van der Waals surface area contributed by atoms with Gasteiger partial charge in [0, 0.05) is 7.05 Å². The van der Waals surface area contributed by atoms with Gasteiger partial charge in [-0.1, -0.05) is 12.1 Å². The number of nitrogens with one attached hydrogen (secondary N) is 1. The summed E-state index contributed by atoms with van der Waals surface area (Å²) in [6, 6.07) is 4.54. The van der Waals surface area contributed by atoms with Gasteiger partial charge in [0.1, 0.15) is 17.5 Å². The van der Waals surface area contributed by atoms with E-state index in [4.69, 9.17) is 4.74 Å². The smallest absolute Gasteiger partial charge is 0.410 e. The first-order valence-electron chi connectivity index (χ1n) is 7.53. The molecule has 0 saturated heterocycles. The maximum absolute atomic E-state index is 12.8. The summed E-state index contributed by atoms with van der Waals surface area (Å²) in [6.07, 6.45) is -0.717. The lowest BCUT2D eigenvalue weighted by Gasteiger charge is -2.27. The van der Waals surface area contributed by atoms with Gasteiger partial charge in [-0.15, -0.1) is 0 Å². The van der Waals surface area contributed by atoms with Crippen molar-refractivity contribution in [1.82, 2.24) is 10.2 Å². The molecule has 1 N–H and O–H groups in total. The Morgan fingerprint density at radius 3 is 2.25 bits per heavy atom. The summed E-state index contributed by atoms with van der Waals surface area (Å²) in [6.45, 7) is 6.64. The molecule has 0 radical (unpaired) electrons. The van der Waals surface area contributed by atoms with Crippen LogP contribution in [-0.4, -0.2) is 41.5 Å². The number of imide groups is 1. The van der Waals surface area contributed by atoms with Crippen molar-refractivity contribution < 1.29 is 23.5 Å². The summed E-state index contributed by atoms with van der Waals surface area (Å²) < 4.78 is 18.0. The van der Waals surface area contributed by atoms with Crippen LogP contribution in [-0.2, 0) is 20.7 Å².